The van der Waals surface area contributed by atoms with Crippen molar-refractivity contribution in [3.63, 3.8) is 0 Å². The Balaban J connectivity index is 1.64. The van der Waals surface area contributed by atoms with Crippen LogP contribution in [-0.4, -0.2) is 19.6 Å². The molecule has 3 aromatic carbocycles. The average Bonchev–Trinajstić information content (AvgIpc) is 2.60. The highest BCUT2D eigenvalue weighted by atomic mass is 16.5. The summed E-state index contributed by atoms with van der Waals surface area (Å²) in [5.41, 5.74) is 1.74. The molecule has 0 heterocycles. The fourth-order valence-corrected chi connectivity index (χ4v) is 2.57. The minimum Gasteiger partial charge on any atom is -0.483 e. The van der Waals surface area contributed by atoms with Gasteiger partial charge in [0.15, 0.2) is 6.61 Å². The molecule has 4 nitrogen and oxygen atoms in total. The lowest BCUT2D eigenvalue weighted by atomic mass is 10.1. The Morgan fingerprint density at radius 1 is 1.00 bits per heavy atom. The second kappa shape index (κ2) is 7.62. The molecule has 3 rings (SSSR count). The highest BCUT2D eigenvalue weighted by Gasteiger charge is 2.06. The van der Waals surface area contributed by atoms with Gasteiger partial charge in [-0.2, -0.15) is 0 Å². The van der Waals surface area contributed by atoms with Crippen LogP contribution in [0.3, 0.4) is 0 Å². The van der Waals surface area contributed by atoms with Crippen LogP contribution in [0.4, 0.5) is 5.69 Å². The highest BCUT2D eigenvalue weighted by Crippen LogP contribution is 2.25. The first kappa shape index (κ1) is 16.0. The molecule has 4 heteroatoms. The van der Waals surface area contributed by atoms with Crippen molar-refractivity contribution in [1.29, 1.82) is 0 Å². The third kappa shape index (κ3) is 3.91. The molecule has 0 saturated carbocycles. The molecular formula is C20H19NO3. The maximum atomic E-state index is 12.1. The molecule has 0 aromatic heterocycles. The van der Waals surface area contributed by atoms with Gasteiger partial charge in [0.05, 0.1) is 6.61 Å². The first-order valence-corrected chi connectivity index (χ1v) is 7.74. The molecule has 1 N–H and O–H groups in total. The van der Waals surface area contributed by atoms with Gasteiger partial charge >= 0.3 is 0 Å². The lowest BCUT2D eigenvalue weighted by molar-refractivity contribution is -0.118. The summed E-state index contributed by atoms with van der Waals surface area (Å²) >= 11 is 0. The Morgan fingerprint density at radius 2 is 1.79 bits per heavy atom. The number of anilines is 1. The first-order valence-electron chi connectivity index (χ1n) is 7.74. The van der Waals surface area contributed by atoms with Crippen molar-refractivity contribution >= 4 is 22.4 Å². The van der Waals surface area contributed by atoms with Crippen molar-refractivity contribution in [3.8, 4) is 5.75 Å². The van der Waals surface area contributed by atoms with Crippen molar-refractivity contribution in [2.24, 2.45) is 0 Å². The average molecular weight is 321 g/mol. The number of benzene rings is 3. The summed E-state index contributed by atoms with van der Waals surface area (Å²) < 4.78 is 10.8. The summed E-state index contributed by atoms with van der Waals surface area (Å²) in [4.78, 5) is 12.1. The molecule has 0 radical (unpaired) electrons. The summed E-state index contributed by atoms with van der Waals surface area (Å²) in [5.74, 6) is 0.508. The topological polar surface area (TPSA) is 47.6 Å². The van der Waals surface area contributed by atoms with Gasteiger partial charge in [0.25, 0.3) is 5.91 Å². The number of rotatable bonds is 6. The van der Waals surface area contributed by atoms with Gasteiger partial charge in [-0.05, 0) is 29.1 Å². The molecule has 0 aliphatic rings. The predicted molar refractivity (Wildman–Crippen MR) is 95.2 cm³/mol. The summed E-state index contributed by atoms with van der Waals surface area (Å²) in [7, 11) is 1.64. The maximum absolute atomic E-state index is 12.1. The van der Waals surface area contributed by atoms with Crippen LogP contribution in [0.2, 0.25) is 0 Å². The number of hydrogen-bond donors (Lipinski definition) is 1. The Hall–Kier alpha value is -2.85. The highest BCUT2D eigenvalue weighted by molar-refractivity contribution is 5.93. The molecule has 0 aliphatic heterocycles. The second-order valence-electron chi connectivity index (χ2n) is 5.45. The van der Waals surface area contributed by atoms with E-state index in [9.17, 15) is 4.79 Å². The molecule has 122 valence electrons. The molecule has 1 amide bonds. The standard InChI is InChI=1S/C20H19NO3/c1-23-13-15-6-4-9-17(12-15)21-20(22)14-24-19-11-5-8-16-7-2-3-10-18(16)19/h2-12H,13-14H2,1H3,(H,21,22). The molecule has 3 aromatic rings. The van der Waals surface area contributed by atoms with Crippen LogP contribution in [0.1, 0.15) is 5.56 Å². The lowest BCUT2D eigenvalue weighted by Crippen LogP contribution is -2.20. The monoisotopic (exact) mass is 321 g/mol. The van der Waals surface area contributed by atoms with Crippen molar-refractivity contribution in [3.05, 3.63) is 72.3 Å². The second-order valence-corrected chi connectivity index (χ2v) is 5.45. The van der Waals surface area contributed by atoms with Gasteiger partial charge < -0.3 is 14.8 Å². The number of ether oxygens (including phenoxy) is 2. The largest absolute Gasteiger partial charge is 0.483 e. The maximum Gasteiger partial charge on any atom is 0.262 e. The smallest absolute Gasteiger partial charge is 0.262 e. The van der Waals surface area contributed by atoms with E-state index in [-0.39, 0.29) is 12.5 Å². The van der Waals surface area contributed by atoms with E-state index in [0.717, 1.165) is 22.0 Å². The molecule has 0 unspecified atom stereocenters. The molecule has 24 heavy (non-hydrogen) atoms. The van der Waals surface area contributed by atoms with Crippen LogP contribution in [0, 0.1) is 0 Å². The van der Waals surface area contributed by atoms with E-state index >= 15 is 0 Å². The minimum atomic E-state index is -0.197. The van der Waals surface area contributed by atoms with Crippen molar-refractivity contribution < 1.29 is 14.3 Å². The number of carbonyl (C=O) groups is 1. The van der Waals surface area contributed by atoms with Crippen LogP contribution in [0.15, 0.2) is 66.7 Å². The molecular weight excluding hydrogens is 302 g/mol. The van der Waals surface area contributed by atoms with Crippen LogP contribution in [0.5, 0.6) is 5.75 Å². The quantitative estimate of drug-likeness (QED) is 0.746. The van der Waals surface area contributed by atoms with Crippen LogP contribution in [-0.2, 0) is 16.1 Å². The summed E-state index contributed by atoms with van der Waals surface area (Å²) in [6.45, 7) is 0.471. The SMILES string of the molecule is COCc1cccc(NC(=O)COc2cccc3ccccc23)c1. The number of hydrogen-bond acceptors (Lipinski definition) is 3. The predicted octanol–water partition coefficient (Wildman–Crippen LogP) is 4.00. The Morgan fingerprint density at radius 3 is 2.67 bits per heavy atom. The summed E-state index contributed by atoms with van der Waals surface area (Å²) in [5, 5.41) is 4.92. The Kier molecular flexibility index (Phi) is 5.08. The van der Waals surface area contributed by atoms with Crippen molar-refractivity contribution in [1.82, 2.24) is 0 Å². The number of nitrogens with one attached hydrogen (secondary N) is 1. The van der Waals surface area contributed by atoms with Crippen LogP contribution >= 0.6 is 0 Å². The Bertz CT molecular complexity index is 840. The van der Waals surface area contributed by atoms with E-state index in [0.29, 0.717) is 12.4 Å². The normalized spacial score (nSPS) is 10.5. The molecule has 0 bridgehead atoms. The zero-order valence-corrected chi connectivity index (χ0v) is 13.5. The fourth-order valence-electron chi connectivity index (χ4n) is 2.57. The van der Waals surface area contributed by atoms with Crippen molar-refractivity contribution in [2.75, 3.05) is 19.0 Å². The zero-order chi connectivity index (χ0) is 16.8. The van der Waals surface area contributed by atoms with Gasteiger partial charge in [-0.15, -0.1) is 0 Å². The van der Waals surface area contributed by atoms with Gasteiger partial charge in [-0.1, -0.05) is 48.5 Å². The number of amides is 1. The molecule has 0 spiro atoms. The fraction of sp³-hybridized carbons (Fsp3) is 0.150. The van der Waals surface area contributed by atoms with Crippen molar-refractivity contribution in [2.45, 2.75) is 6.61 Å². The zero-order valence-electron chi connectivity index (χ0n) is 13.5. The van der Waals surface area contributed by atoms with Gasteiger partial charge in [-0.25, -0.2) is 0 Å². The third-order valence-corrected chi connectivity index (χ3v) is 3.63. The summed E-state index contributed by atoms with van der Waals surface area (Å²) in [6.07, 6.45) is 0. The van der Waals surface area contributed by atoms with Crippen LogP contribution in [0.25, 0.3) is 10.8 Å². The Labute approximate surface area is 141 Å². The van der Waals surface area contributed by atoms with Gasteiger partial charge in [0.1, 0.15) is 5.75 Å². The van der Waals surface area contributed by atoms with Gasteiger partial charge in [-0.3, -0.25) is 4.79 Å². The van der Waals surface area contributed by atoms with E-state index in [1.54, 1.807) is 7.11 Å². The number of fused-ring (bicyclic) bond motifs is 1. The number of carbonyl (C=O) groups excluding carboxylic acids is 1. The van der Waals surface area contributed by atoms with E-state index in [1.165, 1.54) is 0 Å². The third-order valence-electron chi connectivity index (χ3n) is 3.63. The van der Waals surface area contributed by atoms with Gasteiger partial charge in [0, 0.05) is 18.2 Å². The van der Waals surface area contributed by atoms with Gasteiger partial charge in [0.2, 0.25) is 0 Å². The van der Waals surface area contributed by atoms with E-state index < -0.39 is 0 Å². The molecule has 0 atom stereocenters. The van der Waals surface area contributed by atoms with E-state index in [4.69, 9.17) is 9.47 Å². The van der Waals surface area contributed by atoms with Crippen LogP contribution < -0.4 is 10.1 Å². The molecule has 0 saturated heterocycles. The lowest BCUT2D eigenvalue weighted by Gasteiger charge is -2.10. The van der Waals surface area contributed by atoms with E-state index in [1.807, 2.05) is 66.7 Å². The van der Waals surface area contributed by atoms with E-state index in [2.05, 4.69) is 5.32 Å². The summed E-state index contributed by atoms with van der Waals surface area (Å²) in [6, 6.07) is 21.3. The number of methoxy groups -OCH3 is 1. The first-order chi connectivity index (χ1) is 11.8. The molecule has 0 fully saturated rings. The minimum absolute atomic E-state index is 0.0392. The molecule has 0 aliphatic carbocycles.